The van der Waals surface area contributed by atoms with Crippen LogP contribution in [0.4, 0.5) is 15.8 Å². The van der Waals surface area contributed by atoms with Crippen LogP contribution in [-0.4, -0.2) is 102 Å². The third-order valence-corrected chi connectivity index (χ3v) is 14.1. The van der Waals surface area contributed by atoms with E-state index < -0.39 is 31.6 Å². The molecule has 13 heteroatoms. The lowest BCUT2D eigenvalue weighted by atomic mass is 9.87. The summed E-state index contributed by atoms with van der Waals surface area (Å²) in [5, 5.41) is 3.10. The van der Waals surface area contributed by atoms with Gasteiger partial charge in [0, 0.05) is 63.2 Å². The first-order valence-corrected chi connectivity index (χ1v) is 20.3. The van der Waals surface area contributed by atoms with Crippen molar-refractivity contribution in [1.82, 2.24) is 13.5 Å². The molecule has 1 aliphatic carbocycles. The summed E-state index contributed by atoms with van der Waals surface area (Å²) >= 11 is 6.19. The van der Waals surface area contributed by atoms with E-state index in [1.165, 1.54) is 0 Å². The molecule has 0 spiro atoms. The number of fused-ring (bicyclic) bond motifs is 1. The van der Waals surface area contributed by atoms with Crippen molar-refractivity contribution in [3.63, 3.8) is 0 Å². The van der Waals surface area contributed by atoms with E-state index in [4.69, 9.17) is 11.6 Å². The van der Waals surface area contributed by atoms with Crippen LogP contribution in [0, 0.1) is 11.8 Å². The predicted molar refractivity (Wildman–Crippen MR) is 189 cm³/mol. The van der Waals surface area contributed by atoms with Crippen molar-refractivity contribution in [3.8, 4) is 0 Å². The fourth-order valence-electron chi connectivity index (χ4n) is 7.20. The van der Waals surface area contributed by atoms with Gasteiger partial charge >= 0.3 is 0 Å². The number of sulfonamides is 2. The number of hydrogen-bond donors (Lipinski definition) is 1. The summed E-state index contributed by atoms with van der Waals surface area (Å²) in [6, 6.07) is 12.4. The standard InChI is InChI=1S/C34H51ClFN5O4S2/c1-26-23-40(46(42,43)32-14-12-31(13-15-32)38(2)3)20-4-18-39(25-27-6-10-30(36)11-7-27)19-5-21-41(24-26)47(44,45)34-17-8-28-22-29(35)9-16-33(28)37-34/h9,12-16,22,26-27,30,34,37H,4-8,10-11,17-21,23-25H2,1-3H3/t26-,27?,30?,34?/m0/s1. The molecule has 2 fully saturated rings. The maximum Gasteiger partial charge on any atom is 0.243 e. The minimum absolute atomic E-state index is 0.212. The van der Waals surface area contributed by atoms with Gasteiger partial charge in [0.1, 0.15) is 11.5 Å². The minimum atomic E-state index is -3.82. The Morgan fingerprint density at radius 2 is 1.51 bits per heavy atom. The summed E-state index contributed by atoms with van der Waals surface area (Å²) in [5.74, 6) is 0.159. The molecule has 47 heavy (non-hydrogen) atoms. The average Bonchev–Trinajstić information content (AvgIpc) is 3.03. The molecule has 262 valence electrons. The lowest BCUT2D eigenvalue weighted by Crippen LogP contribution is -2.48. The third kappa shape index (κ3) is 9.19. The summed E-state index contributed by atoms with van der Waals surface area (Å²) in [4.78, 5) is 4.50. The first-order valence-electron chi connectivity index (χ1n) is 17.0. The summed E-state index contributed by atoms with van der Waals surface area (Å²) in [6.07, 6.45) is 4.51. The number of nitrogens with one attached hydrogen (secondary N) is 1. The van der Waals surface area contributed by atoms with Gasteiger partial charge in [0.2, 0.25) is 20.0 Å². The molecule has 0 bridgehead atoms. The fourth-order valence-corrected chi connectivity index (χ4v) is 10.9. The van der Waals surface area contributed by atoms with E-state index in [-0.39, 0.29) is 23.9 Å². The average molecular weight is 712 g/mol. The lowest BCUT2D eigenvalue weighted by Gasteiger charge is -2.36. The van der Waals surface area contributed by atoms with E-state index in [0.717, 1.165) is 36.3 Å². The molecule has 2 aromatic rings. The number of hydrogen-bond acceptors (Lipinski definition) is 7. The van der Waals surface area contributed by atoms with Crippen LogP contribution in [-0.2, 0) is 26.5 Å². The SMILES string of the molecule is C[C@H]1CN(S(=O)(=O)c2ccc(N(C)C)cc2)CCCN(CC2CCC(F)CC2)CCCN(S(=O)(=O)C2CCc3cc(Cl)ccc3N2)C1. The second-order valence-corrected chi connectivity index (χ2v) is 18.3. The van der Waals surface area contributed by atoms with Crippen LogP contribution in [0.1, 0.15) is 57.4 Å². The van der Waals surface area contributed by atoms with Gasteiger partial charge in [-0.1, -0.05) is 18.5 Å². The molecule has 0 aromatic heterocycles. The Morgan fingerprint density at radius 1 is 0.872 bits per heavy atom. The largest absolute Gasteiger partial charge is 0.378 e. The number of alkyl halides is 1. The van der Waals surface area contributed by atoms with Crippen LogP contribution in [0.5, 0.6) is 0 Å². The van der Waals surface area contributed by atoms with Gasteiger partial charge in [0.25, 0.3) is 0 Å². The quantitative estimate of drug-likeness (QED) is 0.396. The number of halogens is 2. The van der Waals surface area contributed by atoms with Crippen LogP contribution < -0.4 is 10.2 Å². The van der Waals surface area contributed by atoms with Crippen LogP contribution in [0.3, 0.4) is 0 Å². The number of nitrogens with zero attached hydrogens (tertiary/aromatic N) is 4. The van der Waals surface area contributed by atoms with E-state index in [2.05, 4.69) is 10.2 Å². The van der Waals surface area contributed by atoms with Gasteiger partial charge in [0.15, 0.2) is 0 Å². The summed E-state index contributed by atoms with van der Waals surface area (Å²) in [6.45, 7) is 5.28. The van der Waals surface area contributed by atoms with Crippen molar-refractivity contribution in [2.45, 2.75) is 74.7 Å². The highest BCUT2D eigenvalue weighted by atomic mass is 35.5. The fraction of sp³-hybridized carbons (Fsp3) is 0.647. The molecule has 2 atom stereocenters. The zero-order chi connectivity index (χ0) is 33.8. The van der Waals surface area contributed by atoms with Crippen LogP contribution in [0.25, 0.3) is 0 Å². The summed E-state index contributed by atoms with van der Waals surface area (Å²) < 4.78 is 73.6. The molecule has 1 N–H and O–H groups in total. The zero-order valence-electron chi connectivity index (χ0n) is 28.0. The lowest BCUT2D eigenvalue weighted by molar-refractivity contribution is 0.149. The van der Waals surface area contributed by atoms with Crippen LogP contribution >= 0.6 is 11.6 Å². The summed E-state index contributed by atoms with van der Waals surface area (Å²) in [5.41, 5.74) is 2.69. The van der Waals surface area contributed by atoms with Gasteiger partial charge in [-0.25, -0.2) is 21.2 Å². The first-order chi connectivity index (χ1) is 22.3. The Balaban J connectivity index is 1.38. The second-order valence-electron chi connectivity index (χ2n) is 13.9. The van der Waals surface area contributed by atoms with Gasteiger partial charge in [0.05, 0.1) is 4.90 Å². The Kier molecular flexibility index (Phi) is 12.1. The molecule has 1 saturated carbocycles. The summed E-state index contributed by atoms with van der Waals surface area (Å²) in [7, 11) is -3.78. The molecule has 2 aliphatic heterocycles. The molecule has 3 aliphatic rings. The smallest absolute Gasteiger partial charge is 0.243 e. The third-order valence-electron chi connectivity index (χ3n) is 9.86. The molecule has 1 unspecified atom stereocenters. The molecule has 2 aromatic carbocycles. The van der Waals surface area contributed by atoms with Crippen molar-refractivity contribution in [2.75, 3.05) is 70.1 Å². The van der Waals surface area contributed by atoms with Crippen molar-refractivity contribution in [2.24, 2.45) is 11.8 Å². The molecular formula is C34H51ClFN5O4S2. The Labute approximate surface area is 286 Å². The number of rotatable bonds is 7. The zero-order valence-corrected chi connectivity index (χ0v) is 30.3. The van der Waals surface area contributed by atoms with Gasteiger partial charge < -0.3 is 15.1 Å². The van der Waals surface area contributed by atoms with Gasteiger partial charge in [-0.05, 0) is 124 Å². The van der Waals surface area contributed by atoms with Crippen LogP contribution in [0.15, 0.2) is 47.4 Å². The van der Waals surface area contributed by atoms with Gasteiger partial charge in [-0.3, -0.25) is 0 Å². The maximum absolute atomic E-state index is 14.2. The van der Waals surface area contributed by atoms with E-state index >= 15 is 0 Å². The molecule has 9 nitrogen and oxygen atoms in total. The van der Waals surface area contributed by atoms with E-state index in [1.54, 1.807) is 38.9 Å². The van der Waals surface area contributed by atoms with E-state index in [0.29, 0.717) is 75.6 Å². The first kappa shape index (κ1) is 36.3. The molecule has 1 saturated heterocycles. The van der Waals surface area contributed by atoms with Crippen molar-refractivity contribution in [3.05, 3.63) is 53.1 Å². The number of anilines is 2. The molecule has 0 amide bonds. The van der Waals surface area contributed by atoms with E-state index in [1.807, 2.05) is 38.1 Å². The topological polar surface area (TPSA) is 93.3 Å². The highest BCUT2D eigenvalue weighted by Gasteiger charge is 2.36. The molecule has 5 rings (SSSR count). The number of aryl methyl sites for hydroxylation is 1. The van der Waals surface area contributed by atoms with Crippen molar-refractivity contribution < 1.29 is 21.2 Å². The molecule has 2 heterocycles. The molecular weight excluding hydrogens is 661 g/mol. The minimum Gasteiger partial charge on any atom is -0.378 e. The number of benzene rings is 2. The normalized spacial score (nSPS) is 26.4. The predicted octanol–water partition coefficient (Wildman–Crippen LogP) is 5.67. The Bertz CT molecular complexity index is 1550. The highest BCUT2D eigenvalue weighted by Crippen LogP contribution is 2.32. The van der Waals surface area contributed by atoms with Crippen LogP contribution in [0.2, 0.25) is 5.02 Å². The highest BCUT2D eigenvalue weighted by molar-refractivity contribution is 7.90. The second kappa shape index (κ2) is 15.7. The van der Waals surface area contributed by atoms with Gasteiger partial charge in [-0.15, -0.1) is 0 Å². The Morgan fingerprint density at radius 3 is 2.17 bits per heavy atom. The van der Waals surface area contributed by atoms with Gasteiger partial charge in [-0.2, -0.15) is 8.61 Å². The monoisotopic (exact) mass is 711 g/mol. The maximum atomic E-state index is 14.2. The van der Waals surface area contributed by atoms with Crippen molar-refractivity contribution >= 4 is 43.0 Å². The van der Waals surface area contributed by atoms with E-state index in [9.17, 15) is 21.2 Å². The molecule has 0 radical (unpaired) electrons. The Hall–Kier alpha value is -1.96. The van der Waals surface area contributed by atoms with Crippen molar-refractivity contribution in [1.29, 1.82) is 0 Å².